The molecule has 0 atom stereocenters. The summed E-state index contributed by atoms with van der Waals surface area (Å²) in [5, 5.41) is 4.07. The number of imidazole rings is 1. The summed E-state index contributed by atoms with van der Waals surface area (Å²) in [7, 11) is 2.05. The van der Waals surface area contributed by atoms with Crippen LogP contribution >= 0.6 is 11.3 Å². The van der Waals surface area contributed by atoms with E-state index in [-0.39, 0.29) is 23.2 Å². The number of thiazole rings is 1. The molecule has 0 saturated heterocycles. The molecular formula is C29H32N6O2S. The lowest BCUT2D eigenvalue weighted by Gasteiger charge is -2.21. The maximum absolute atomic E-state index is 12.6. The van der Waals surface area contributed by atoms with Crippen molar-refractivity contribution in [3.63, 3.8) is 0 Å². The summed E-state index contributed by atoms with van der Waals surface area (Å²) in [6, 6.07) is 14.1. The van der Waals surface area contributed by atoms with E-state index in [1.54, 1.807) is 11.3 Å². The van der Waals surface area contributed by atoms with E-state index in [9.17, 15) is 4.79 Å². The van der Waals surface area contributed by atoms with Crippen molar-refractivity contribution >= 4 is 38.2 Å². The number of anilines is 1. The van der Waals surface area contributed by atoms with Crippen LogP contribution in [-0.2, 0) is 23.1 Å². The molecule has 6 rings (SSSR count). The van der Waals surface area contributed by atoms with E-state index >= 15 is 0 Å². The fourth-order valence-corrected chi connectivity index (χ4v) is 5.61. The molecule has 0 aliphatic heterocycles. The Kier molecular flexibility index (Phi) is 5.88. The van der Waals surface area contributed by atoms with Gasteiger partial charge in [0.05, 0.1) is 23.3 Å². The summed E-state index contributed by atoms with van der Waals surface area (Å²) < 4.78 is 7.50. The highest BCUT2D eigenvalue weighted by atomic mass is 32.1. The minimum absolute atomic E-state index is 0.0552. The fraction of sp³-hybridized carbons (Fsp3) is 0.379. The second-order valence-corrected chi connectivity index (χ2v) is 12.6. The van der Waals surface area contributed by atoms with Gasteiger partial charge >= 0.3 is 0 Å². The Bertz CT molecular complexity index is 1640. The highest BCUT2D eigenvalue weighted by Crippen LogP contribution is 2.35. The van der Waals surface area contributed by atoms with Crippen LogP contribution < -0.4 is 10.6 Å². The summed E-state index contributed by atoms with van der Waals surface area (Å²) in [5.74, 6) is 1.83. The third-order valence-electron chi connectivity index (χ3n) is 7.11. The van der Waals surface area contributed by atoms with Gasteiger partial charge in [0, 0.05) is 48.8 Å². The van der Waals surface area contributed by atoms with E-state index in [1.165, 1.54) is 0 Å². The van der Waals surface area contributed by atoms with E-state index < -0.39 is 0 Å². The first-order valence-electron chi connectivity index (χ1n) is 12.9. The molecule has 38 heavy (non-hydrogen) atoms. The van der Waals surface area contributed by atoms with Crippen LogP contribution in [0.15, 0.2) is 53.2 Å². The van der Waals surface area contributed by atoms with Crippen molar-refractivity contribution in [3.8, 4) is 11.3 Å². The quantitative estimate of drug-likeness (QED) is 0.296. The number of hydrogen-bond acceptors (Lipinski definition) is 8. The van der Waals surface area contributed by atoms with Crippen LogP contribution in [0.1, 0.15) is 50.6 Å². The summed E-state index contributed by atoms with van der Waals surface area (Å²) in [4.78, 5) is 26.4. The zero-order valence-electron chi connectivity index (χ0n) is 22.2. The van der Waals surface area contributed by atoms with Gasteiger partial charge in [-0.25, -0.2) is 9.97 Å². The first kappa shape index (κ1) is 24.8. The summed E-state index contributed by atoms with van der Waals surface area (Å²) in [5.41, 5.74) is 10.7. The summed E-state index contributed by atoms with van der Waals surface area (Å²) in [6.07, 6.45) is 4.83. The van der Waals surface area contributed by atoms with Gasteiger partial charge < -0.3 is 15.2 Å². The van der Waals surface area contributed by atoms with Gasteiger partial charge in [0.25, 0.3) is 0 Å². The molecule has 1 aliphatic rings. The monoisotopic (exact) mass is 528 g/mol. The Hall–Kier alpha value is -3.56. The van der Waals surface area contributed by atoms with E-state index in [0.717, 1.165) is 63.1 Å². The van der Waals surface area contributed by atoms with Crippen molar-refractivity contribution in [1.82, 2.24) is 19.5 Å². The highest BCUT2D eigenvalue weighted by Gasteiger charge is 2.39. The molecule has 0 spiro atoms. The van der Waals surface area contributed by atoms with Crippen molar-refractivity contribution in [1.29, 1.82) is 0 Å². The molecule has 5 aromatic rings. The zero-order chi connectivity index (χ0) is 26.7. The number of nitrogens with zero attached hydrogens (tertiary/aromatic N) is 5. The maximum atomic E-state index is 12.6. The van der Waals surface area contributed by atoms with Gasteiger partial charge in [0.1, 0.15) is 22.2 Å². The minimum atomic E-state index is -0.127. The third-order valence-corrected chi connectivity index (χ3v) is 8.07. The molecule has 0 bridgehead atoms. The van der Waals surface area contributed by atoms with Crippen LogP contribution in [0.2, 0.25) is 0 Å². The van der Waals surface area contributed by atoms with Crippen LogP contribution in [0.3, 0.4) is 0 Å². The van der Waals surface area contributed by atoms with Crippen LogP contribution in [-0.4, -0.2) is 44.4 Å². The Balaban J connectivity index is 1.14. The molecule has 8 nitrogen and oxygen atoms in total. The number of likely N-dealkylation sites (N-methyl/N-ethyl adjacent to an activating group) is 1. The number of Topliss-reactive ketones (excluding diaryl/α,β-unsaturated/α-hetero) is 1. The number of rotatable bonds is 8. The number of nitrogens with two attached hydrogens (primary N) is 1. The van der Waals surface area contributed by atoms with Gasteiger partial charge in [-0.05, 0) is 30.5 Å². The van der Waals surface area contributed by atoms with Gasteiger partial charge in [-0.1, -0.05) is 61.5 Å². The Morgan fingerprint density at radius 1 is 1.13 bits per heavy atom. The van der Waals surface area contributed by atoms with Crippen molar-refractivity contribution < 1.29 is 9.32 Å². The molecule has 4 heterocycles. The molecule has 1 aromatic carbocycles. The number of fused-ring (bicyclic) bond motifs is 3. The van der Waals surface area contributed by atoms with Gasteiger partial charge in [0.15, 0.2) is 4.96 Å². The topological polar surface area (TPSA) is 103 Å². The van der Waals surface area contributed by atoms with E-state index in [1.807, 2.05) is 37.4 Å². The first-order chi connectivity index (χ1) is 18.1. The lowest BCUT2D eigenvalue weighted by atomic mass is 9.93. The zero-order valence-corrected chi connectivity index (χ0v) is 23.0. The molecule has 0 unspecified atom stereocenters. The Morgan fingerprint density at radius 2 is 1.89 bits per heavy atom. The lowest BCUT2D eigenvalue weighted by molar-refractivity contribution is -0.117. The lowest BCUT2D eigenvalue weighted by Crippen LogP contribution is -2.37. The molecule has 0 amide bonds. The molecule has 0 radical (unpaired) electrons. The van der Waals surface area contributed by atoms with Gasteiger partial charge in [-0.15, -0.1) is 0 Å². The SMILES string of the molecule is CN(CC1(N)CC1)c1ccc2c(n1)sc1nc(-c3ccc(CC(=O)Cc4cc(C(C)(C)C)on4)cc3)cn12. The number of carbonyl (C=O) groups excluding carboxylic acids is 1. The number of benzene rings is 1. The molecule has 1 saturated carbocycles. The number of carbonyl (C=O) groups is 1. The first-order valence-corrected chi connectivity index (χ1v) is 13.7. The fourth-order valence-electron chi connectivity index (χ4n) is 4.63. The standard InChI is InChI=1S/C29H32N6O2S/c1-28(2,3)24-15-20(33-37-24)14-21(36)13-18-5-7-19(8-6-18)22-16-35-23-9-10-25(32-26(23)38-27(35)31-22)34(4)17-29(30)11-12-29/h5-10,15-16H,11-14,17,30H2,1-4H3. The third kappa shape index (κ3) is 4.96. The second-order valence-electron chi connectivity index (χ2n) is 11.6. The molecule has 1 fully saturated rings. The molecule has 2 N–H and O–H groups in total. The summed E-state index contributed by atoms with van der Waals surface area (Å²) in [6.45, 7) is 7.00. The summed E-state index contributed by atoms with van der Waals surface area (Å²) >= 11 is 1.58. The van der Waals surface area contributed by atoms with Crippen molar-refractivity contribution in [2.24, 2.45) is 5.73 Å². The van der Waals surface area contributed by atoms with Crippen LogP contribution in [0.25, 0.3) is 26.6 Å². The number of pyridine rings is 1. The maximum Gasteiger partial charge on any atom is 0.196 e. The van der Waals surface area contributed by atoms with Crippen molar-refractivity contribution in [2.45, 2.75) is 57.4 Å². The highest BCUT2D eigenvalue weighted by molar-refractivity contribution is 7.23. The van der Waals surface area contributed by atoms with Crippen LogP contribution in [0.5, 0.6) is 0 Å². The predicted octanol–water partition coefficient (Wildman–Crippen LogP) is 5.18. The number of ketones is 1. The smallest absolute Gasteiger partial charge is 0.196 e. The number of hydrogen-bond donors (Lipinski definition) is 1. The van der Waals surface area contributed by atoms with Crippen molar-refractivity contribution in [2.75, 3.05) is 18.5 Å². The predicted molar refractivity (Wildman–Crippen MR) is 151 cm³/mol. The molecule has 196 valence electrons. The van der Waals surface area contributed by atoms with Crippen molar-refractivity contribution in [3.05, 3.63) is 65.7 Å². The Morgan fingerprint density at radius 3 is 2.58 bits per heavy atom. The Labute approximate surface area is 225 Å². The average molecular weight is 529 g/mol. The normalized spacial score (nSPS) is 14.9. The van der Waals surface area contributed by atoms with E-state index in [2.05, 4.69) is 53.6 Å². The van der Waals surface area contributed by atoms with E-state index in [0.29, 0.717) is 12.1 Å². The van der Waals surface area contributed by atoms with Crippen LogP contribution in [0, 0.1) is 0 Å². The molecule has 4 aromatic heterocycles. The molecular weight excluding hydrogens is 496 g/mol. The van der Waals surface area contributed by atoms with Crippen LogP contribution in [0.4, 0.5) is 5.82 Å². The molecule has 1 aliphatic carbocycles. The van der Waals surface area contributed by atoms with Gasteiger partial charge in [-0.2, -0.15) is 0 Å². The van der Waals surface area contributed by atoms with Gasteiger partial charge in [-0.3, -0.25) is 9.20 Å². The van der Waals surface area contributed by atoms with Gasteiger partial charge in [0.2, 0.25) is 0 Å². The second kappa shape index (κ2) is 9.03. The number of aromatic nitrogens is 4. The van der Waals surface area contributed by atoms with E-state index in [4.69, 9.17) is 20.2 Å². The average Bonchev–Trinajstić information content (AvgIpc) is 3.21. The molecule has 9 heteroatoms. The largest absolute Gasteiger partial charge is 0.361 e. The minimum Gasteiger partial charge on any atom is -0.361 e.